The van der Waals surface area contributed by atoms with Crippen LogP contribution < -0.4 is 4.90 Å². The minimum Gasteiger partial charge on any atom is -0.372 e. The van der Waals surface area contributed by atoms with Crippen molar-refractivity contribution in [3.63, 3.8) is 0 Å². The lowest BCUT2D eigenvalue weighted by Gasteiger charge is -2.23. The van der Waals surface area contributed by atoms with E-state index in [-0.39, 0.29) is 0 Å². The number of rotatable bonds is 7. The van der Waals surface area contributed by atoms with Crippen LogP contribution in [0, 0.1) is 0 Å². The normalized spacial score (nSPS) is 10.7. The third-order valence-electron chi connectivity index (χ3n) is 4.75. The predicted molar refractivity (Wildman–Crippen MR) is 119 cm³/mol. The van der Waals surface area contributed by atoms with E-state index in [0.29, 0.717) is 0 Å². The Morgan fingerprint density at radius 3 is 1.78 bits per heavy atom. The Morgan fingerprint density at radius 1 is 0.704 bits per heavy atom. The Labute approximate surface area is 163 Å². The van der Waals surface area contributed by atoms with Crippen LogP contribution in [0.15, 0.2) is 97.1 Å². The monoisotopic (exact) mass is 353 g/mol. The number of anilines is 1. The molecule has 1 nitrogen and oxygen atoms in total. The summed E-state index contributed by atoms with van der Waals surface area (Å²) >= 11 is 0. The van der Waals surface area contributed by atoms with E-state index < -0.39 is 0 Å². The summed E-state index contributed by atoms with van der Waals surface area (Å²) in [5, 5.41) is 0. The number of para-hydroxylation sites is 1. The van der Waals surface area contributed by atoms with Crippen molar-refractivity contribution in [2.45, 2.75) is 13.8 Å². The van der Waals surface area contributed by atoms with Gasteiger partial charge in [-0.25, -0.2) is 0 Å². The summed E-state index contributed by atoms with van der Waals surface area (Å²) in [4.78, 5) is 2.39. The quantitative estimate of drug-likeness (QED) is 0.428. The van der Waals surface area contributed by atoms with Crippen LogP contribution in [0.4, 0.5) is 5.69 Å². The van der Waals surface area contributed by atoms with Crippen molar-refractivity contribution < 1.29 is 0 Å². The maximum atomic E-state index is 2.39. The van der Waals surface area contributed by atoms with Crippen molar-refractivity contribution in [2.24, 2.45) is 0 Å². The number of hydrogen-bond donors (Lipinski definition) is 0. The number of hydrogen-bond acceptors (Lipinski definition) is 1. The molecule has 0 aliphatic heterocycles. The summed E-state index contributed by atoms with van der Waals surface area (Å²) in [6.45, 7) is 6.42. The maximum Gasteiger partial charge on any atom is 0.0439 e. The minimum absolute atomic E-state index is 1.01. The van der Waals surface area contributed by atoms with Gasteiger partial charge in [0.25, 0.3) is 0 Å². The molecule has 3 rings (SSSR count). The lowest BCUT2D eigenvalue weighted by molar-refractivity contribution is 0.865. The molecule has 0 atom stereocenters. The first-order chi connectivity index (χ1) is 13.3. The first-order valence-electron chi connectivity index (χ1n) is 9.66. The van der Waals surface area contributed by atoms with Crippen molar-refractivity contribution >= 4 is 17.3 Å². The largest absolute Gasteiger partial charge is 0.372 e. The molecule has 0 unspecified atom stereocenters. The van der Waals surface area contributed by atoms with Crippen molar-refractivity contribution in [1.82, 2.24) is 0 Å². The molecule has 0 aromatic heterocycles. The molecule has 1 heteroatoms. The summed E-state index contributed by atoms with van der Waals surface area (Å²) in [6, 6.07) is 29.7. The molecule has 0 spiro atoms. The molecule has 0 amide bonds. The van der Waals surface area contributed by atoms with Gasteiger partial charge in [0.1, 0.15) is 0 Å². The summed E-state index contributed by atoms with van der Waals surface area (Å²) in [6.07, 6.45) is 6.58. The molecule has 0 saturated heterocycles. The van der Waals surface area contributed by atoms with Crippen LogP contribution in [0.25, 0.3) is 11.6 Å². The van der Waals surface area contributed by atoms with Gasteiger partial charge < -0.3 is 4.90 Å². The second-order valence-corrected chi connectivity index (χ2v) is 6.40. The summed E-state index contributed by atoms with van der Waals surface area (Å²) in [5.74, 6) is 0. The van der Waals surface area contributed by atoms with E-state index in [4.69, 9.17) is 0 Å². The van der Waals surface area contributed by atoms with E-state index in [1.54, 1.807) is 0 Å². The highest BCUT2D eigenvalue weighted by Crippen LogP contribution is 2.25. The number of nitrogens with zero attached hydrogens (tertiary/aromatic N) is 1. The average Bonchev–Trinajstić information content (AvgIpc) is 2.74. The molecule has 0 aliphatic rings. The van der Waals surface area contributed by atoms with E-state index in [1.165, 1.54) is 28.0 Å². The van der Waals surface area contributed by atoms with Crippen LogP contribution in [-0.2, 0) is 0 Å². The molecule has 0 bridgehead atoms. The fraction of sp³-hybridized carbons (Fsp3) is 0.154. The van der Waals surface area contributed by atoms with E-state index in [1.807, 2.05) is 0 Å². The van der Waals surface area contributed by atoms with Gasteiger partial charge in [0.05, 0.1) is 0 Å². The van der Waals surface area contributed by atoms with Crippen molar-refractivity contribution in [1.29, 1.82) is 0 Å². The molecule has 136 valence electrons. The van der Waals surface area contributed by atoms with Gasteiger partial charge in [0.2, 0.25) is 0 Å². The zero-order valence-corrected chi connectivity index (χ0v) is 16.2. The van der Waals surface area contributed by atoms with Gasteiger partial charge in [0.15, 0.2) is 0 Å². The zero-order chi connectivity index (χ0) is 18.9. The fourth-order valence-electron chi connectivity index (χ4n) is 3.32. The molecular formula is C26H27N. The molecule has 0 heterocycles. The van der Waals surface area contributed by atoms with E-state index in [9.17, 15) is 0 Å². The van der Waals surface area contributed by atoms with Crippen LogP contribution in [0.5, 0.6) is 0 Å². The molecule has 3 aromatic carbocycles. The van der Waals surface area contributed by atoms with E-state index in [0.717, 1.165) is 13.1 Å². The predicted octanol–water partition coefficient (Wildman–Crippen LogP) is 6.68. The summed E-state index contributed by atoms with van der Waals surface area (Å²) < 4.78 is 0. The zero-order valence-electron chi connectivity index (χ0n) is 16.2. The molecular weight excluding hydrogens is 326 g/mol. The highest BCUT2D eigenvalue weighted by molar-refractivity contribution is 5.82. The standard InChI is InChI=1S/C26H27N/c1-3-27(4-2)26-21-12-11-18-24(26)19-13-20-25(22-14-7-5-8-15-22)23-16-9-6-10-17-23/h5-21H,3-4H2,1-2H3. The Kier molecular flexibility index (Phi) is 6.65. The minimum atomic E-state index is 1.01. The van der Waals surface area contributed by atoms with Gasteiger partial charge >= 0.3 is 0 Å². The molecule has 27 heavy (non-hydrogen) atoms. The molecule has 0 radical (unpaired) electrons. The van der Waals surface area contributed by atoms with Crippen LogP contribution in [0.2, 0.25) is 0 Å². The maximum absolute atomic E-state index is 2.39. The smallest absolute Gasteiger partial charge is 0.0439 e. The average molecular weight is 354 g/mol. The topological polar surface area (TPSA) is 3.24 Å². The van der Waals surface area contributed by atoms with Gasteiger partial charge in [-0.05, 0) is 42.2 Å². The Balaban J connectivity index is 1.97. The first kappa shape index (κ1) is 18.7. The van der Waals surface area contributed by atoms with Crippen LogP contribution in [0.3, 0.4) is 0 Å². The Bertz CT molecular complexity index is 846. The second kappa shape index (κ2) is 9.59. The molecule has 3 aromatic rings. The first-order valence-corrected chi connectivity index (χ1v) is 9.66. The van der Waals surface area contributed by atoms with E-state index >= 15 is 0 Å². The fourth-order valence-corrected chi connectivity index (χ4v) is 3.32. The van der Waals surface area contributed by atoms with Gasteiger partial charge in [-0.2, -0.15) is 0 Å². The number of allylic oxidation sites excluding steroid dienone is 2. The van der Waals surface area contributed by atoms with Gasteiger partial charge in [-0.3, -0.25) is 0 Å². The SMILES string of the molecule is CCN(CC)c1ccccc1C=CC=C(c1ccccc1)c1ccccc1. The molecule has 0 fully saturated rings. The van der Waals surface area contributed by atoms with Gasteiger partial charge in [-0.1, -0.05) is 97.1 Å². The van der Waals surface area contributed by atoms with E-state index in [2.05, 4.69) is 122 Å². The second-order valence-electron chi connectivity index (χ2n) is 6.40. The van der Waals surface area contributed by atoms with Crippen molar-refractivity contribution in [3.05, 3.63) is 114 Å². The van der Waals surface area contributed by atoms with Crippen molar-refractivity contribution in [2.75, 3.05) is 18.0 Å². The van der Waals surface area contributed by atoms with Crippen LogP contribution >= 0.6 is 0 Å². The summed E-state index contributed by atoms with van der Waals surface area (Å²) in [5.41, 5.74) is 6.22. The van der Waals surface area contributed by atoms with Crippen molar-refractivity contribution in [3.8, 4) is 0 Å². The summed E-state index contributed by atoms with van der Waals surface area (Å²) in [7, 11) is 0. The molecule has 0 aliphatic carbocycles. The highest BCUT2D eigenvalue weighted by atomic mass is 15.1. The number of benzene rings is 3. The Hall–Kier alpha value is -3.06. The lowest BCUT2D eigenvalue weighted by atomic mass is 9.97. The van der Waals surface area contributed by atoms with Crippen LogP contribution in [-0.4, -0.2) is 13.1 Å². The lowest BCUT2D eigenvalue weighted by Crippen LogP contribution is -2.22. The van der Waals surface area contributed by atoms with Gasteiger partial charge in [0, 0.05) is 18.8 Å². The molecule has 0 saturated carbocycles. The third kappa shape index (κ3) is 4.77. The van der Waals surface area contributed by atoms with Gasteiger partial charge in [-0.15, -0.1) is 0 Å². The highest BCUT2D eigenvalue weighted by Gasteiger charge is 2.05. The Morgan fingerprint density at radius 2 is 1.22 bits per heavy atom. The van der Waals surface area contributed by atoms with Crippen LogP contribution in [0.1, 0.15) is 30.5 Å². The third-order valence-corrected chi connectivity index (χ3v) is 4.75. The molecule has 0 N–H and O–H groups in total.